The van der Waals surface area contributed by atoms with E-state index in [-0.39, 0.29) is 11.3 Å². The van der Waals surface area contributed by atoms with Crippen molar-refractivity contribution in [3.05, 3.63) is 119 Å². The van der Waals surface area contributed by atoms with Crippen LogP contribution in [-0.2, 0) is 9.59 Å². The maximum absolute atomic E-state index is 12.8. The van der Waals surface area contributed by atoms with Gasteiger partial charge in [0.05, 0.1) is 29.6 Å². The van der Waals surface area contributed by atoms with Crippen molar-refractivity contribution in [1.82, 2.24) is 5.43 Å². The highest BCUT2D eigenvalue weighted by molar-refractivity contribution is 6.40. The first kappa shape index (κ1) is 31.2. The fourth-order valence-electron chi connectivity index (χ4n) is 3.83. The molecule has 44 heavy (non-hydrogen) atoms. The molecule has 224 valence electrons. The maximum Gasteiger partial charge on any atom is 0.343 e. The summed E-state index contributed by atoms with van der Waals surface area (Å²) < 4.78 is 11.0. The molecule has 10 nitrogen and oxygen atoms in total. The number of benzene rings is 4. The van der Waals surface area contributed by atoms with Gasteiger partial charge in [-0.3, -0.25) is 14.4 Å². The molecule has 4 rings (SSSR count). The van der Waals surface area contributed by atoms with Crippen LogP contribution in [0.15, 0.2) is 102 Å². The van der Waals surface area contributed by atoms with Crippen molar-refractivity contribution in [2.45, 2.75) is 26.7 Å². The molecule has 0 aromatic heterocycles. The van der Waals surface area contributed by atoms with Gasteiger partial charge in [-0.1, -0.05) is 43.2 Å². The van der Waals surface area contributed by atoms with Gasteiger partial charge in [0.15, 0.2) is 0 Å². The van der Waals surface area contributed by atoms with E-state index in [9.17, 15) is 19.2 Å². The van der Waals surface area contributed by atoms with Crippen LogP contribution in [0, 0.1) is 6.92 Å². The van der Waals surface area contributed by atoms with Crippen LogP contribution in [0.1, 0.15) is 51.6 Å². The van der Waals surface area contributed by atoms with E-state index in [0.29, 0.717) is 34.9 Å². The molecule has 0 saturated carbocycles. The Kier molecular flexibility index (Phi) is 10.9. The summed E-state index contributed by atoms with van der Waals surface area (Å²) in [5.74, 6) is -1.97. The molecule has 0 fully saturated rings. The van der Waals surface area contributed by atoms with Crippen LogP contribution in [0.5, 0.6) is 11.5 Å². The first-order valence-electron chi connectivity index (χ1n) is 14.0. The van der Waals surface area contributed by atoms with E-state index in [1.807, 2.05) is 19.1 Å². The van der Waals surface area contributed by atoms with E-state index < -0.39 is 23.7 Å². The van der Waals surface area contributed by atoms with Gasteiger partial charge in [0.2, 0.25) is 0 Å². The van der Waals surface area contributed by atoms with Gasteiger partial charge in [-0.25, -0.2) is 10.2 Å². The molecule has 0 unspecified atom stereocenters. The Morgan fingerprint density at radius 2 is 1.45 bits per heavy atom. The van der Waals surface area contributed by atoms with Gasteiger partial charge in [-0.2, -0.15) is 5.10 Å². The molecule has 3 N–H and O–H groups in total. The Hall–Kier alpha value is -5.77. The van der Waals surface area contributed by atoms with Crippen molar-refractivity contribution in [3.8, 4) is 11.5 Å². The number of carbonyl (C=O) groups is 4. The topological polar surface area (TPSA) is 135 Å². The van der Waals surface area contributed by atoms with Gasteiger partial charge in [0, 0.05) is 5.69 Å². The molecule has 4 aromatic carbocycles. The average molecular weight is 593 g/mol. The SMILES string of the molecule is CCCCOc1ccc(C(=O)Oc2ccc(C=NNC(=O)C(=O)Nc3ccccc3C(=O)Nc3ccc(C)cc3)cc2)cc1. The number of anilines is 2. The molecule has 0 aliphatic heterocycles. The molecule has 10 heteroatoms. The number of esters is 1. The van der Waals surface area contributed by atoms with Crippen LogP contribution in [0.2, 0.25) is 0 Å². The minimum atomic E-state index is -1.03. The van der Waals surface area contributed by atoms with Crippen LogP contribution in [0.25, 0.3) is 0 Å². The molecule has 0 atom stereocenters. The number of aryl methyl sites for hydroxylation is 1. The Bertz CT molecular complexity index is 1630. The van der Waals surface area contributed by atoms with Crippen LogP contribution < -0.4 is 25.5 Å². The van der Waals surface area contributed by atoms with Gasteiger partial charge < -0.3 is 20.1 Å². The molecule has 4 aromatic rings. The second kappa shape index (κ2) is 15.5. The molecule has 0 aliphatic carbocycles. The summed E-state index contributed by atoms with van der Waals surface area (Å²) in [4.78, 5) is 50.1. The van der Waals surface area contributed by atoms with Crippen LogP contribution in [0.4, 0.5) is 11.4 Å². The number of amides is 3. The molecule has 0 spiro atoms. The summed E-state index contributed by atoms with van der Waals surface area (Å²) >= 11 is 0. The normalized spacial score (nSPS) is 10.6. The number of unbranched alkanes of at least 4 members (excludes halogenated alkanes) is 1. The number of hydrazone groups is 1. The average Bonchev–Trinajstić information content (AvgIpc) is 3.03. The van der Waals surface area contributed by atoms with E-state index in [4.69, 9.17) is 9.47 Å². The van der Waals surface area contributed by atoms with E-state index in [2.05, 4.69) is 28.1 Å². The van der Waals surface area contributed by atoms with Crippen LogP contribution in [-0.4, -0.2) is 36.5 Å². The number of hydrogen-bond acceptors (Lipinski definition) is 7. The van der Waals surface area contributed by atoms with Gasteiger partial charge >= 0.3 is 17.8 Å². The lowest BCUT2D eigenvalue weighted by molar-refractivity contribution is -0.136. The zero-order chi connectivity index (χ0) is 31.3. The summed E-state index contributed by atoms with van der Waals surface area (Å²) in [6, 6.07) is 26.8. The predicted molar refractivity (Wildman–Crippen MR) is 168 cm³/mol. The summed E-state index contributed by atoms with van der Waals surface area (Å²) in [5.41, 5.74) is 5.12. The Morgan fingerprint density at radius 1 is 0.773 bits per heavy atom. The highest BCUT2D eigenvalue weighted by Gasteiger charge is 2.18. The van der Waals surface area contributed by atoms with Crippen molar-refractivity contribution in [2.75, 3.05) is 17.2 Å². The van der Waals surface area contributed by atoms with E-state index >= 15 is 0 Å². The second-order valence-corrected chi connectivity index (χ2v) is 9.70. The Morgan fingerprint density at radius 3 is 2.16 bits per heavy atom. The molecule has 0 radical (unpaired) electrons. The number of hydrogen-bond donors (Lipinski definition) is 3. The van der Waals surface area contributed by atoms with Crippen molar-refractivity contribution in [3.63, 3.8) is 0 Å². The van der Waals surface area contributed by atoms with Gasteiger partial charge in [-0.05, 0) is 91.7 Å². The third kappa shape index (κ3) is 9.12. The Balaban J connectivity index is 1.26. The van der Waals surface area contributed by atoms with Crippen molar-refractivity contribution in [1.29, 1.82) is 0 Å². The smallest absolute Gasteiger partial charge is 0.343 e. The number of nitrogens with zero attached hydrogens (tertiary/aromatic N) is 1. The van der Waals surface area contributed by atoms with Crippen molar-refractivity contribution < 1.29 is 28.7 Å². The monoisotopic (exact) mass is 592 g/mol. The quantitative estimate of drug-likeness (QED) is 0.0508. The van der Waals surface area contributed by atoms with E-state index in [1.165, 1.54) is 18.3 Å². The second-order valence-electron chi connectivity index (χ2n) is 9.70. The number of carbonyl (C=O) groups excluding carboxylic acids is 4. The number of nitrogens with one attached hydrogen (secondary N) is 3. The minimum Gasteiger partial charge on any atom is -0.494 e. The van der Waals surface area contributed by atoms with Gasteiger partial charge in [-0.15, -0.1) is 0 Å². The van der Waals surface area contributed by atoms with Crippen molar-refractivity contribution >= 4 is 41.3 Å². The molecule has 0 aliphatic rings. The van der Waals surface area contributed by atoms with Gasteiger partial charge in [0.25, 0.3) is 5.91 Å². The summed E-state index contributed by atoms with van der Waals surface area (Å²) in [5, 5.41) is 9.03. The van der Waals surface area contributed by atoms with E-state index in [0.717, 1.165) is 18.4 Å². The standard InChI is InChI=1S/C34H32N4O6/c1-3-4-21-43-27-19-13-25(14-20-27)34(42)44-28-17-11-24(12-18-28)22-35-38-33(41)32(40)37-30-8-6-5-7-29(30)31(39)36-26-15-9-23(2)10-16-26/h5-20,22H,3-4,21H2,1-2H3,(H,36,39)(H,37,40)(H,38,41). The first-order valence-corrected chi connectivity index (χ1v) is 14.0. The molecule has 0 bridgehead atoms. The molecular weight excluding hydrogens is 560 g/mol. The van der Waals surface area contributed by atoms with Crippen LogP contribution in [0.3, 0.4) is 0 Å². The van der Waals surface area contributed by atoms with Gasteiger partial charge in [0.1, 0.15) is 11.5 Å². The number of rotatable bonds is 11. The first-order chi connectivity index (χ1) is 21.3. The van der Waals surface area contributed by atoms with E-state index in [1.54, 1.807) is 72.8 Å². The lowest BCUT2D eigenvalue weighted by atomic mass is 10.1. The molecular formula is C34H32N4O6. The highest BCUT2D eigenvalue weighted by atomic mass is 16.5. The zero-order valence-electron chi connectivity index (χ0n) is 24.3. The number of ether oxygens (including phenoxy) is 2. The van der Waals surface area contributed by atoms with Crippen molar-refractivity contribution in [2.24, 2.45) is 5.10 Å². The summed E-state index contributed by atoms with van der Waals surface area (Å²) in [7, 11) is 0. The minimum absolute atomic E-state index is 0.169. The zero-order valence-corrected chi connectivity index (χ0v) is 24.3. The predicted octanol–water partition coefficient (Wildman–Crippen LogP) is 5.73. The molecule has 0 saturated heterocycles. The largest absolute Gasteiger partial charge is 0.494 e. The lowest BCUT2D eigenvalue weighted by Crippen LogP contribution is -2.33. The Labute approximate surface area is 255 Å². The third-order valence-corrected chi connectivity index (χ3v) is 6.26. The molecule has 0 heterocycles. The summed E-state index contributed by atoms with van der Waals surface area (Å²) in [6.07, 6.45) is 3.32. The lowest BCUT2D eigenvalue weighted by Gasteiger charge is -2.11. The highest BCUT2D eigenvalue weighted by Crippen LogP contribution is 2.19. The maximum atomic E-state index is 12.8. The third-order valence-electron chi connectivity index (χ3n) is 6.26. The fourth-order valence-corrected chi connectivity index (χ4v) is 3.83. The number of para-hydroxylation sites is 1. The summed E-state index contributed by atoms with van der Waals surface area (Å²) in [6.45, 7) is 4.64. The molecule has 3 amide bonds. The van der Waals surface area contributed by atoms with Crippen LogP contribution >= 0.6 is 0 Å². The fraction of sp³-hybridized carbons (Fsp3) is 0.147.